The molecule has 0 heterocycles. The number of hydrogen-bond donors (Lipinski definition) is 0. The van der Waals surface area contributed by atoms with E-state index in [1.165, 1.54) is 0 Å². The molecule has 0 aromatic rings. The van der Waals surface area contributed by atoms with Crippen molar-refractivity contribution in [2.24, 2.45) is 11.8 Å². The fourth-order valence-corrected chi connectivity index (χ4v) is 1.07. The third-order valence-corrected chi connectivity index (χ3v) is 1.59. The lowest BCUT2D eigenvalue weighted by molar-refractivity contribution is 0.544. The van der Waals surface area contributed by atoms with Crippen LogP contribution in [-0.2, 0) is 0 Å². The van der Waals surface area contributed by atoms with Gasteiger partial charge in [-0.2, -0.15) is 0 Å². The van der Waals surface area contributed by atoms with E-state index in [1.54, 1.807) is 6.08 Å². The number of hydrogen-bond acceptors (Lipinski definition) is 0. The molecule has 0 aromatic carbocycles. The van der Waals surface area contributed by atoms with Gasteiger partial charge in [0.2, 0.25) is 0 Å². The van der Waals surface area contributed by atoms with E-state index in [1.807, 2.05) is 6.92 Å². The monoisotopic (exact) mass is 137 g/mol. The zero-order valence-corrected chi connectivity index (χ0v) is 7.17. The van der Waals surface area contributed by atoms with Crippen LogP contribution >= 0.6 is 0 Å². The van der Waals surface area contributed by atoms with Gasteiger partial charge in [-0.25, -0.2) is 0 Å². The quantitative estimate of drug-likeness (QED) is 0.522. The second-order valence-electron chi connectivity index (χ2n) is 2.91. The van der Waals surface area contributed by atoms with Crippen LogP contribution in [0.2, 0.25) is 0 Å². The van der Waals surface area contributed by atoms with Gasteiger partial charge >= 0.3 is 0 Å². The fourth-order valence-electron chi connectivity index (χ4n) is 1.07. The molecule has 2 atom stereocenters. The molecule has 0 bridgehead atoms. The van der Waals surface area contributed by atoms with Gasteiger partial charge in [-0.15, -0.1) is 0 Å². The molecule has 57 valence electrons. The molecular weight excluding hydrogens is 120 g/mol. The Morgan fingerprint density at radius 1 is 1.30 bits per heavy atom. The first kappa shape index (κ1) is 9.48. The van der Waals surface area contributed by atoms with Crippen LogP contribution in [0.1, 0.15) is 27.2 Å². The lowest BCUT2D eigenvalue weighted by Gasteiger charge is -2.08. The maximum Gasteiger partial charge on any atom is -0.0253 e. The largest absolute Gasteiger partial charge is 0.0914 e. The van der Waals surface area contributed by atoms with Crippen LogP contribution in [0.15, 0.2) is 18.2 Å². The van der Waals surface area contributed by atoms with Gasteiger partial charge in [0, 0.05) is 0 Å². The maximum absolute atomic E-state index is 5.37. The molecule has 2 unspecified atom stereocenters. The maximum atomic E-state index is 5.37. The lowest BCUT2D eigenvalue weighted by Crippen LogP contribution is -1.96. The third kappa shape index (κ3) is 4.37. The van der Waals surface area contributed by atoms with Crippen molar-refractivity contribution in [1.82, 2.24) is 0 Å². The van der Waals surface area contributed by atoms with E-state index in [9.17, 15) is 0 Å². The predicted octanol–water partition coefficient (Wildman–Crippen LogP) is 3.21. The molecule has 0 heteroatoms. The zero-order chi connectivity index (χ0) is 7.98. The summed E-state index contributed by atoms with van der Waals surface area (Å²) in [6, 6.07) is 0. The van der Waals surface area contributed by atoms with Crippen LogP contribution < -0.4 is 0 Å². The second kappa shape index (κ2) is 5.28. The first-order valence-electron chi connectivity index (χ1n) is 3.88. The highest BCUT2D eigenvalue weighted by molar-refractivity contribution is 4.86. The average molecular weight is 137 g/mol. The molecule has 0 fully saturated rings. The number of allylic oxidation sites excluding steroid dienone is 3. The van der Waals surface area contributed by atoms with Crippen molar-refractivity contribution >= 4 is 0 Å². The molecule has 0 nitrogen and oxygen atoms in total. The van der Waals surface area contributed by atoms with Gasteiger partial charge in [-0.05, 0) is 25.2 Å². The Morgan fingerprint density at radius 2 is 1.90 bits per heavy atom. The standard InChI is InChI=1S/C10H17/c1-5-7-10(4)8-9(3)6-2/h2,5-7,9-10H,8H2,1,3-4H3/b6-2?,7-5-. The molecule has 0 aliphatic heterocycles. The van der Waals surface area contributed by atoms with Crippen LogP contribution in [0.25, 0.3) is 0 Å². The summed E-state index contributed by atoms with van der Waals surface area (Å²) < 4.78 is 0. The molecule has 0 rings (SSSR count). The van der Waals surface area contributed by atoms with Gasteiger partial charge in [-0.3, -0.25) is 0 Å². The Kier molecular flexibility index (Phi) is 5.00. The first-order chi connectivity index (χ1) is 4.70. The molecule has 0 aliphatic rings. The van der Waals surface area contributed by atoms with Crippen LogP contribution in [0.5, 0.6) is 0 Å². The van der Waals surface area contributed by atoms with Crippen LogP contribution in [-0.4, -0.2) is 0 Å². The smallest absolute Gasteiger partial charge is 0.0253 e. The Bertz CT molecular complexity index is 111. The Balaban J connectivity index is 3.55. The Labute approximate surface area is 64.6 Å². The molecule has 0 aromatic heterocycles. The second-order valence-corrected chi connectivity index (χ2v) is 2.91. The summed E-state index contributed by atoms with van der Waals surface area (Å²) in [4.78, 5) is 0. The van der Waals surface area contributed by atoms with E-state index >= 15 is 0 Å². The van der Waals surface area contributed by atoms with Crippen molar-refractivity contribution in [1.29, 1.82) is 0 Å². The lowest BCUT2D eigenvalue weighted by atomic mass is 9.97. The van der Waals surface area contributed by atoms with Gasteiger partial charge in [-0.1, -0.05) is 38.7 Å². The summed E-state index contributed by atoms with van der Waals surface area (Å²) in [5, 5.41) is 0. The average Bonchev–Trinajstić information content (AvgIpc) is 1.88. The highest BCUT2D eigenvalue weighted by Crippen LogP contribution is 2.12. The summed E-state index contributed by atoms with van der Waals surface area (Å²) in [6.45, 7) is 11.8. The van der Waals surface area contributed by atoms with Crippen molar-refractivity contribution < 1.29 is 0 Å². The van der Waals surface area contributed by atoms with Crippen molar-refractivity contribution in [2.45, 2.75) is 27.2 Å². The van der Waals surface area contributed by atoms with Crippen LogP contribution in [0.4, 0.5) is 0 Å². The van der Waals surface area contributed by atoms with E-state index in [0.717, 1.165) is 6.42 Å². The SMILES string of the molecule is [CH]=CC(C)CC(C)/C=C\C. The van der Waals surface area contributed by atoms with Crippen LogP contribution in [0, 0.1) is 18.4 Å². The molecule has 0 spiro atoms. The normalized spacial score (nSPS) is 17.1. The molecular formula is C10H17. The van der Waals surface area contributed by atoms with Gasteiger partial charge < -0.3 is 0 Å². The Morgan fingerprint density at radius 3 is 2.30 bits per heavy atom. The summed E-state index contributed by atoms with van der Waals surface area (Å²) in [6.07, 6.45) is 7.22. The van der Waals surface area contributed by atoms with Crippen molar-refractivity contribution in [2.75, 3.05) is 0 Å². The molecule has 0 aliphatic carbocycles. The fraction of sp³-hybridized carbons (Fsp3) is 0.600. The molecule has 0 saturated carbocycles. The predicted molar refractivity (Wildman–Crippen MR) is 46.6 cm³/mol. The van der Waals surface area contributed by atoms with E-state index < -0.39 is 0 Å². The first-order valence-corrected chi connectivity index (χ1v) is 3.88. The molecule has 10 heavy (non-hydrogen) atoms. The summed E-state index contributed by atoms with van der Waals surface area (Å²) >= 11 is 0. The minimum Gasteiger partial charge on any atom is -0.0914 e. The third-order valence-electron chi connectivity index (χ3n) is 1.59. The minimum absolute atomic E-state index is 0.534. The summed E-state index contributed by atoms with van der Waals surface area (Å²) in [5.74, 6) is 1.19. The van der Waals surface area contributed by atoms with Gasteiger partial charge in [0.25, 0.3) is 0 Å². The van der Waals surface area contributed by atoms with Gasteiger partial charge in [0.1, 0.15) is 0 Å². The van der Waals surface area contributed by atoms with E-state index in [2.05, 4.69) is 26.0 Å². The minimum atomic E-state index is 0.534. The van der Waals surface area contributed by atoms with E-state index in [-0.39, 0.29) is 0 Å². The van der Waals surface area contributed by atoms with Crippen molar-refractivity contribution in [3.05, 3.63) is 24.8 Å². The zero-order valence-electron chi connectivity index (χ0n) is 7.17. The molecule has 0 N–H and O–H groups in total. The highest BCUT2D eigenvalue weighted by Gasteiger charge is 2.00. The Hall–Kier alpha value is -0.520. The van der Waals surface area contributed by atoms with Crippen LogP contribution in [0.3, 0.4) is 0 Å². The summed E-state index contributed by atoms with van der Waals surface area (Å²) in [5.41, 5.74) is 0. The van der Waals surface area contributed by atoms with E-state index in [4.69, 9.17) is 6.58 Å². The van der Waals surface area contributed by atoms with Crippen molar-refractivity contribution in [3.63, 3.8) is 0 Å². The van der Waals surface area contributed by atoms with E-state index in [0.29, 0.717) is 11.8 Å². The molecule has 0 amide bonds. The van der Waals surface area contributed by atoms with Gasteiger partial charge in [0.05, 0.1) is 0 Å². The van der Waals surface area contributed by atoms with Crippen molar-refractivity contribution in [3.8, 4) is 0 Å². The summed E-state index contributed by atoms with van der Waals surface area (Å²) in [7, 11) is 0. The molecule has 0 saturated heterocycles. The highest BCUT2D eigenvalue weighted by atomic mass is 14.1. The topological polar surface area (TPSA) is 0 Å². The number of rotatable bonds is 4. The van der Waals surface area contributed by atoms with Gasteiger partial charge in [0.15, 0.2) is 0 Å². The molecule has 1 radical (unpaired) electrons.